The lowest BCUT2D eigenvalue weighted by atomic mass is 10.0. The highest BCUT2D eigenvalue weighted by molar-refractivity contribution is 6.07. The van der Waals surface area contributed by atoms with Gasteiger partial charge in [0.1, 0.15) is 5.75 Å². The number of nitro groups is 1. The van der Waals surface area contributed by atoms with Crippen molar-refractivity contribution in [2.24, 2.45) is 0 Å². The zero-order chi connectivity index (χ0) is 23.9. The molecule has 0 aliphatic rings. The van der Waals surface area contributed by atoms with Crippen LogP contribution in [-0.4, -0.2) is 16.7 Å². The van der Waals surface area contributed by atoms with E-state index in [1.54, 1.807) is 42.5 Å². The summed E-state index contributed by atoms with van der Waals surface area (Å²) in [6, 6.07) is 29.2. The van der Waals surface area contributed by atoms with E-state index in [0.29, 0.717) is 11.3 Å². The van der Waals surface area contributed by atoms with Crippen LogP contribution in [0.4, 0.5) is 5.69 Å². The first kappa shape index (κ1) is 22.4. The van der Waals surface area contributed by atoms with Crippen LogP contribution in [-0.2, 0) is 0 Å². The summed E-state index contributed by atoms with van der Waals surface area (Å²) < 4.78 is 5.30. The molecule has 0 saturated carbocycles. The van der Waals surface area contributed by atoms with Crippen LogP contribution < -0.4 is 4.74 Å². The molecule has 4 rings (SSSR count). The van der Waals surface area contributed by atoms with Crippen molar-refractivity contribution in [3.63, 3.8) is 0 Å². The third-order valence-electron chi connectivity index (χ3n) is 5.11. The molecule has 0 saturated heterocycles. The van der Waals surface area contributed by atoms with E-state index in [1.165, 1.54) is 30.3 Å². The van der Waals surface area contributed by atoms with Gasteiger partial charge in [0.25, 0.3) is 5.69 Å². The lowest BCUT2D eigenvalue weighted by Crippen LogP contribution is -2.08. The van der Waals surface area contributed by atoms with Gasteiger partial charge >= 0.3 is 5.97 Å². The second-order valence-corrected chi connectivity index (χ2v) is 7.40. The molecule has 0 amide bonds. The number of ketones is 1. The molecular formula is C28H19NO5. The first-order chi connectivity index (χ1) is 16.5. The predicted molar refractivity (Wildman–Crippen MR) is 130 cm³/mol. The highest BCUT2D eigenvalue weighted by Gasteiger charge is 2.11. The van der Waals surface area contributed by atoms with Crippen molar-refractivity contribution in [3.05, 3.63) is 136 Å². The van der Waals surface area contributed by atoms with Gasteiger partial charge < -0.3 is 4.74 Å². The molecule has 6 heteroatoms. The fourth-order valence-corrected chi connectivity index (χ4v) is 3.26. The zero-order valence-electron chi connectivity index (χ0n) is 18.0. The van der Waals surface area contributed by atoms with E-state index in [9.17, 15) is 19.7 Å². The summed E-state index contributed by atoms with van der Waals surface area (Å²) in [5.74, 6) is -0.413. The van der Waals surface area contributed by atoms with Crippen LogP contribution in [0, 0.1) is 10.1 Å². The maximum Gasteiger partial charge on any atom is 0.343 e. The van der Waals surface area contributed by atoms with Gasteiger partial charge in [-0.3, -0.25) is 14.9 Å². The normalized spacial score (nSPS) is 10.7. The Labute approximate surface area is 195 Å². The number of benzene rings is 4. The van der Waals surface area contributed by atoms with E-state index in [-0.39, 0.29) is 17.0 Å². The van der Waals surface area contributed by atoms with E-state index >= 15 is 0 Å². The minimum absolute atomic E-state index is 0.102. The molecule has 0 aromatic heterocycles. The third kappa shape index (κ3) is 5.49. The molecule has 0 unspecified atom stereocenters. The summed E-state index contributed by atoms with van der Waals surface area (Å²) in [4.78, 5) is 34.9. The summed E-state index contributed by atoms with van der Waals surface area (Å²) in [5.41, 5.74) is 3.59. The zero-order valence-corrected chi connectivity index (χ0v) is 18.0. The number of hydrogen-bond acceptors (Lipinski definition) is 5. The Hall–Kier alpha value is -4.84. The van der Waals surface area contributed by atoms with Crippen LogP contribution in [0.25, 0.3) is 17.2 Å². The number of hydrogen-bond donors (Lipinski definition) is 0. The number of carbonyl (C=O) groups excluding carboxylic acids is 2. The Morgan fingerprint density at radius 2 is 1.29 bits per heavy atom. The average Bonchev–Trinajstić information content (AvgIpc) is 2.88. The average molecular weight is 449 g/mol. The molecule has 0 spiro atoms. The molecule has 4 aromatic carbocycles. The first-order valence-electron chi connectivity index (χ1n) is 10.4. The van der Waals surface area contributed by atoms with Gasteiger partial charge in [0.05, 0.1) is 10.5 Å². The predicted octanol–water partition coefficient (Wildman–Crippen LogP) is 6.38. The second-order valence-electron chi connectivity index (χ2n) is 7.40. The summed E-state index contributed by atoms with van der Waals surface area (Å²) in [5, 5.41) is 10.7. The molecule has 0 N–H and O–H groups in total. The van der Waals surface area contributed by atoms with E-state index in [0.717, 1.165) is 16.7 Å². The number of nitrogens with zero attached hydrogens (tertiary/aromatic N) is 1. The number of rotatable bonds is 7. The number of non-ortho nitro benzene ring substituents is 1. The van der Waals surface area contributed by atoms with Gasteiger partial charge in [-0.15, -0.1) is 0 Å². The molecule has 0 radical (unpaired) electrons. The van der Waals surface area contributed by atoms with Gasteiger partial charge in [-0.25, -0.2) is 4.79 Å². The maximum absolute atomic E-state index is 12.5. The number of allylic oxidation sites excluding steroid dienone is 1. The summed E-state index contributed by atoms with van der Waals surface area (Å²) in [6.45, 7) is 0. The van der Waals surface area contributed by atoms with Crippen molar-refractivity contribution in [1.82, 2.24) is 0 Å². The van der Waals surface area contributed by atoms with Crippen LogP contribution in [0.3, 0.4) is 0 Å². The Kier molecular flexibility index (Phi) is 6.70. The number of esters is 1. The lowest BCUT2D eigenvalue weighted by Gasteiger charge is -2.05. The van der Waals surface area contributed by atoms with Crippen molar-refractivity contribution < 1.29 is 19.2 Å². The lowest BCUT2D eigenvalue weighted by molar-refractivity contribution is -0.384. The molecule has 0 fully saturated rings. The van der Waals surface area contributed by atoms with Crippen molar-refractivity contribution in [3.8, 4) is 16.9 Å². The quantitative estimate of drug-likeness (QED) is 0.0816. The molecule has 0 aliphatic carbocycles. The molecule has 0 atom stereocenters. The van der Waals surface area contributed by atoms with Gasteiger partial charge in [0, 0.05) is 17.7 Å². The standard InChI is InChI=1S/C28H19NO5/c30-27(23-11-9-22(10-12-23)21-4-2-1-3-5-21)19-8-20-6-17-26(18-7-20)34-28(31)24-13-15-25(16-14-24)29(32)33/h1-19H/b19-8+. The second kappa shape index (κ2) is 10.2. The first-order valence-corrected chi connectivity index (χ1v) is 10.4. The van der Waals surface area contributed by atoms with Gasteiger partial charge in [0.2, 0.25) is 0 Å². The van der Waals surface area contributed by atoms with Crippen LogP contribution in [0.5, 0.6) is 5.75 Å². The van der Waals surface area contributed by atoms with E-state index in [4.69, 9.17) is 4.74 Å². The molecule has 0 aliphatic heterocycles. The highest BCUT2D eigenvalue weighted by Crippen LogP contribution is 2.20. The summed E-state index contributed by atoms with van der Waals surface area (Å²) >= 11 is 0. The monoisotopic (exact) mass is 449 g/mol. The van der Waals surface area contributed by atoms with Crippen molar-refractivity contribution in [2.45, 2.75) is 0 Å². The van der Waals surface area contributed by atoms with Gasteiger partial charge in [0.15, 0.2) is 5.78 Å². The van der Waals surface area contributed by atoms with Gasteiger partial charge in [-0.2, -0.15) is 0 Å². The molecule has 34 heavy (non-hydrogen) atoms. The topological polar surface area (TPSA) is 86.5 Å². The fraction of sp³-hybridized carbons (Fsp3) is 0. The van der Waals surface area contributed by atoms with Crippen LogP contribution in [0.1, 0.15) is 26.3 Å². The summed E-state index contributed by atoms with van der Waals surface area (Å²) in [6.07, 6.45) is 3.19. The fourth-order valence-electron chi connectivity index (χ4n) is 3.26. The smallest absolute Gasteiger partial charge is 0.343 e. The van der Waals surface area contributed by atoms with Crippen LogP contribution in [0.15, 0.2) is 109 Å². The molecule has 0 heterocycles. The van der Waals surface area contributed by atoms with Gasteiger partial charge in [-0.05, 0) is 47.0 Å². The number of carbonyl (C=O) groups is 2. The minimum Gasteiger partial charge on any atom is -0.423 e. The Morgan fingerprint density at radius 1 is 0.706 bits per heavy atom. The van der Waals surface area contributed by atoms with Crippen molar-refractivity contribution in [2.75, 3.05) is 0 Å². The highest BCUT2D eigenvalue weighted by atomic mass is 16.6. The Balaban J connectivity index is 1.36. The number of nitro benzene ring substituents is 1. The van der Waals surface area contributed by atoms with Crippen LogP contribution >= 0.6 is 0 Å². The molecule has 4 aromatic rings. The number of ether oxygens (including phenoxy) is 1. The minimum atomic E-state index is -0.618. The van der Waals surface area contributed by atoms with E-state index in [1.807, 2.05) is 42.5 Å². The molecular weight excluding hydrogens is 430 g/mol. The summed E-state index contributed by atoms with van der Waals surface area (Å²) in [7, 11) is 0. The third-order valence-corrected chi connectivity index (χ3v) is 5.11. The van der Waals surface area contributed by atoms with Crippen LogP contribution in [0.2, 0.25) is 0 Å². The van der Waals surface area contributed by atoms with Crippen molar-refractivity contribution in [1.29, 1.82) is 0 Å². The molecule has 166 valence electrons. The Morgan fingerprint density at radius 3 is 1.91 bits per heavy atom. The molecule has 6 nitrogen and oxygen atoms in total. The largest absolute Gasteiger partial charge is 0.423 e. The van der Waals surface area contributed by atoms with Gasteiger partial charge in [-0.1, -0.05) is 72.8 Å². The molecule has 0 bridgehead atoms. The van der Waals surface area contributed by atoms with Crippen molar-refractivity contribution >= 4 is 23.5 Å². The van der Waals surface area contributed by atoms with E-state index in [2.05, 4.69) is 0 Å². The maximum atomic E-state index is 12.5. The Bertz CT molecular complexity index is 1340. The van der Waals surface area contributed by atoms with E-state index < -0.39 is 10.9 Å². The SMILES string of the molecule is O=C(/C=C/c1ccc(OC(=O)c2ccc([N+](=O)[O-])cc2)cc1)c1ccc(-c2ccccc2)cc1.